The van der Waals surface area contributed by atoms with Gasteiger partial charge in [0.2, 0.25) is 0 Å². The maximum atomic E-state index is 10.5. The van der Waals surface area contributed by atoms with E-state index in [2.05, 4.69) is 0 Å². The lowest BCUT2D eigenvalue weighted by Crippen LogP contribution is -1.97. The molecule has 0 heterocycles. The molecule has 3 nitrogen and oxygen atoms in total. The first-order chi connectivity index (χ1) is 6.65. The summed E-state index contributed by atoms with van der Waals surface area (Å²) in [6.07, 6.45) is 0. The van der Waals surface area contributed by atoms with E-state index in [1.807, 2.05) is 20.8 Å². The lowest BCUT2D eigenvalue weighted by atomic mass is 10.1. The minimum absolute atomic E-state index is 0.248. The number of hydrogen-bond donors (Lipinski definition) is 1. The SMILES string of the molecule is CC.COc1cc(C(=O)O)ccc1C. The van der Waals surface area contributed by atoms with Crippen molar-refractivity contribution in [3.05, 3.63) is 29.3 Å². The Morgan fingerprint density at radius 2 is 1.93 bits per heavy atom. The largest absolute Gasteiger partial charge is 0.496 e. The van der Waals surface area contributed by atoms with E-state index in [0.29, 0.717) is 5.75 Å². The molecule has 0 amide bonds. The van der Waals surface area contributed by atoms with Crippen LogP contribution in [0.5, 0.6) is 5.75 Å². The Bertz CT molecular complexity index is 305. The third-order valence-electron chi connectivity index (χ3n) is 1.66. The summed E-state index contributed by atoms with van der Waals surface area (Å²) < 4.78 is 4.97. The molecule has 0 atom stereocenters. The molecule has 3 heteroatoms. The van der Waals surface area contributed by atoms with Crippen molar-refractivity contribution in [1.29, 1.82) is 0 Å². The highest BCUT2D eigenvalue weighted by atomic mass is 16.5. The van der Waals surface area contributed by atoms with E-state index in [9.17, 15) is 4.79 Å². The number of rotatable bonds is 2. The number of carbonyl (C=O) groups is 1. The quantitative estimate of drug-likeness (QED) is 0.791. The van der Waals surface area contributed by atoms with Crippen molar-refractivity contribution in [2.75, 3.05) is 7.11 Å². The summed E-state index contributed by atoms with van der Waals surface area (Å²) in [5.74, 6) is -0.330. The van der Waals surface area contributed by atoms with Crippen LogP contribution >= 0.6 is 0 Å². The molecule has 14 heavy (non-hydrogen) atoms. The summed E-state index contributed by atoms with van der Waals surface area (Å²) in [5, 5.41) is 8.64. The number of carboxylic acids is 1. The van der Waals surface area contributed by atoms with Crippen molar-refractivity contribution in [2.45, 2.75) is 20.8 Å². The number of aromatic carboxylic acids is 1. The number of methoxy groups -OCH3 is 1. The lowest BCUT2D eigenvalue weighted by molar-refractivity contribution is 0.0696. The zero-order valence-corrected chi connectivity index (χ0v) is 9.00. The fraction of sp³-hybridized carbons (Fsp3) is 0.364. The summed E-state index contributed by atoms with van der Waals surface area (Å²) in [6, 6.07) is 4.79. The van der Waals surface area contributed by atoms with Gasteiger partial charge >= 0.3 is 5.97 Å². The highest BCUT2D eigenvalue weighted by molar-refractivity contribution is 5.88. The number of ether oxygens (including phenoxy) is 1. The first-order valence-corrected chi connectivity index (χ1v) is 4.53. The first-order valence-electron chi connectivity index (χ1n) is 4.53. The standard InChI is InChI=1S/C9H10O3.C2H6/c1-6-3-4-7(9(10)11)5-8(6)12-2;1-2/h3-5H,1-2H3,(H,10,11);1-2H3. The molecule has 0 bridgehead atoms. The highest BCUT2D eigenvalue weighted by Crippen LogP contribution is 2.18. The molecule has 78 valence electrons. The predicted molar refractivity (Wildman–Crippen MR) is 56.0 cm³/mol. The number of benzene rings is 1. The van der Waals surface area contributed by atoms with Crippen LogP contribution in [0.1, 0.15) is 29.8 Å². The molecule has 0 radical (unpaired) electrons. The van der Waals surface area contributed by atoms with Gasteiger partial charge in [0.1, 0.15) is 5.75 Å². The monoisotopic (exact) mass is 196 g/mol. The van der Waals surface area contributed by atoms with Crippen LogP contribution in [0.15, 0.2) is 18.2 Å². The Labute approximate surface area is 84.3 Å². The van der Waals surface area contributed by atoms with E-state index in [1.165, 1.54) is 13.2 Å². The van der Waals surface area contributed by atoms with Gasteiger partial charge in [-0.25, -0.2) is 4.79 Å². The first kappa shape index (κ1) is 12.5. The second kappa shape index (κ2) is 6.02. The van der Waals surface area contributed by atoms with E-state index in [0.717, 1.165) is 5.56 Å². The smallest absolute Gasteiger partial charge is 0.335 e. The molecule has 0 spiro atoms. The van der Waals surface area contributed by atoms with Crippen LogP contribution in [-0.2, 0) is 0 Å². The van der Waals surface area contributed by atoms with Crippen molar-refractivity contribution in [1.82, 2.24) is 0 Å². The summed E-state index contributed by atoms with van der Waals surface area (Å²) in [4.78, 5) is 10.5. The van der Waals surface area contributed by atoms with Crippen LogP contribution in [0.2, 0.25) is 0 Å². The van der Waals surface area contributed by atoms with E-state index in [1.54, 1.807) is 12.1 Å². The van der Waals surface area contributed by atoms with Gasteiger partial charge in [0, 0.05) is 0 Å². The van der Waals surface area contributed by atoms with Crippen LogP contribution in [0.3, 0.4) is 0 Å². The van der Waals surface area contributed by atoms with Crippen molar-refractivity contribution in [2.24, 2.45) is 0 Å². The van der Waals surface area contributed by atoms with Crippen molar-refractivity contribution in [3.8, 4) is 5.75 Å². The number of hydrogen-bond acceptors (Lipinski definition) is 2. The molecule has 0 fully saturated rings. The average Bonchev–Trinajstić information content (AvgIpc) is 2.21. The average molecular weight is 196 g/mol. The maximum Gasteiger partial charge on any atom is 0.335 e. The van der Waals surface area contributed by atoms with E-state index >= 15 is 0 Å². The number of aryl methyl sites for hydroxylation is 1. The lowest BCUT2D eigenvalue weighted by Gasteiger charge is -2.04. The third kappa shape index (κ3) is 3.09. The molecule has 0 aliphatic heterocycles. The zero-order valence-electron chi connectivity index (χ0n) is 9.00. The van der Waals surface area contributed by atoms with Gasteiger partial charge in [-0.1, -0.05) is 19.9 Å². The molecule has 1 aromatic carbocycles. The Kier molecular flexibility index (Phi) is 5.37. The molecule has 0 aliphatic carbocycles. The fourth-order valence-corrected chi connectivity index (χ4v) is 0.953. The van der Waals surface area contributed by atoms with Gasteiger partial charge in [-0.2, -0.15) is 0 Å². The van der Waals surface area contributed by atoms with E-state index in [-0.39, 0.29) is 5.56 Å². The fourth-order valence-electron chi connectivity index (χ4n) is 0.953. The van der Waals surface area contributed by atoms with Gasteiger partial charge in [0.15, 0.2) is 0 Å². The minimum atomic E-state index is -0.937. The molecule has 0 aliphatic rings. The minimum Gasteiger partial charge on any atom is -0.496 e. The normalized spacial score (nSPS) is 8.57. The Hall–Kier alpha value is -1.51. The maximum absolute atomic E-state index is 10.5. The molecule has 0 unspecified atom stereocenters. The molecular formula is C11H16O3. The number of carboxylic acid groups (broad SMARTS) is 1. The summed E-state index contributed by atoms with van der Waals surface area (Å²) in [6.45, 7) is 5.87. The molecule has 0 saturated heterocycles. The molecule has 0 saturated carbocycles. The topological polar surface area (TPSA) is 46.5 Å². The zero-order chi connectivity index (χ0) is 11.1. The van der Waals surface area contributed by atoms with Gasteiger partial charge in [0.25, 0.3) is 0 Å². The molecule has 0 aromatic heterocycles. The van der Waals surface area contributed by atoms with Crippen LogP contribution < -0.4 is 4.74 Å². The third-order valence-corrected chi connectivity index (χ3v) is 1.66. The summed E-state index contributed by atoms with van der Waals surface area (Å²) in [7, 11) is 1.52. The second-order valence-corrected chi connectivity index (χ2v) is 2.49. The van der Waals surface area contributed by atoms with Gasteiger partial charge < -0.3 is 9.84 Å². The second-order valence-electron chi connectivity index (χ2n) is 2.49. The summed E-state index contributed by atoms with van der Waals surface area (Å²) in [5.41, 5.74) is 1.18. The molecule has 1 rings (SSSR count). The van der Waals surface area contributed by atoms with E-state index < -0.39 is 5.97 Å². The van der Waals surface area contributed by atoms with Crippen molar-refractivity contribution < 1.29 is 14.6 Å². The van der Waals surface area contributed by atoms with Crippen molar-refractivity contribution in [3.63, 3.8) is 0 Å². The predicted octanol–water partition coefficient (Wildman–Crippen LogP) is 2.73. The van der Waals surface area contributed by atoms with Gasteiger partial charge in [-0.05, 0) is 24.6 Å². The van der Waals surface area contributed by atoms with Gasteiger partial charge in [-0.15, -0.1) is 0 Å². The van der Waals surface area contributed by atoms with Crippen LogP contribution in [0.25, 0.3) is 0 Å². The highest BCUT2D eigenvalue weighted by Gasteiger charge is 2.05. The van der Waals surface area contributed by atoms with Crippen molar-refractivity contribution >= 4 is 5.97 Å². The molecule has 1 aromatic rings. The van der Waals surface area contributed by atoms with Crippen LogP contribution in [0.4, 0.5) is 0 Å². The summed E-state index contributed by atoms with van der Waals surface area (Å²) >= 11 is 0. The van der Waals surface area contributed by atoms with Gasteiger partial charge in [0.05, 0.1) is 12.7 Å². The molecular weight excluding hydrogens is 180 g/mol. The molecule has 1 N–H and O–H groups in total. The van der Waals surface area contributed by atoms with Gasteiger partial charge in [-0.3, -0.25) is 0 Å². The van der Waals surface area contributed by atoms with Crippen LogP contribution in [0, 0.1) is 6.92 Å². The Morgan fingerprint density at radius 3 is 2.36 bits per heavy atom. The van der Waals surface area contributed by atoms with E-state index in [4.69, 9.17) is 9.84 Å². The Balaban J connectivity index is 0.000000791. The van der Waals surface area contributed by atoms with Crippen LogP contribution in [-0.4, -0.2) is 18.2 Å². The Morgan fingerprint density at radius 1 is 1.36 bits per heavy atom.